The second-order valence-electron chi connectivity index (χ2n) is 8.89. The van der Waals surface area contributed by atoms with Crippen LogP contribution in [0.4, 0.5) is 0 Å². The Morgan fingerprint density at radius 1 is 1.26 bits per heavy atom. The molecule has 1 aliphatic carbocycles. The molecule has 1 amide bonds. The number of aromatic nitrogens is 3. The zero-order chi connectivity index (χ0) is 21.6. The highest BCUT2D eigenvalue weighted by Crippen LogP contribution is 2.34. The first kappa shape index (κ1) is 19.7. The molecule has 3 aromatic heterocycles. The minimum absolute atomic E-state index is 0.0574. The number of rotatable bonds is 6. The molecule has 160 valence electrons. The number of likely N-dealkylation sites (tertiary alicyclic amines) is 1. The van der Waals surface area contributed by atoms with Gasteiger partial charge < -0.3 is 15.0 Å². The number of ether oxygens (including phenoxy) is 1. The van der Waals surface area contributed by atoms with E-state index in [-0.39, 0.29) is 23.1 Å². The van der Waals surface area contributed by atoms with Crippen LogP contribution in [-0.2, 0) is 6.54 Å². The van der Waals surface area contributed by atoms with Crippen LogP contribution in [0.15, 0.2) is 41.5 Å². The molecule has 2 aliphatic rings. The van der Waals surface area contributed by atoms with Crippen LogP contribution >= 0.6 is 0 Å². The smallest absolute Gasteiger partial charge is 0.270 e. The van der Waals surface area contributed by atoms with Gasteiger partial charge in [0.05, 0.1) is 17.2 Å². The third kappa shape index (κ3) is 4.29. The lowest BCUT2D eigenvalue weighted by atomic mass is 10.1. The Hall–Kier alpha value is -3.26. The monoisotopic (exact) mass is 419 g/mol. The lowest BCUT2D eigenvalue weighted by Gasteiger charge is -2.38. The molecule has 3 aromatic rings. The summed E-state index contributed by atoms with van der Waals surface area (Å²) in [6.45, 7) is 6.15. The molecule has 1 saturated carbocycles. The number of hydrogen-bond acceptors (Lipinski definition) is 6. The summed E-state index contributed by atoms with van der Waals surface area (Å²) in [6.07, 6.45) is 5.58. The number of H-pyrrole nitrogens is 1. The minimum atomic E-state index is -0.137. The average molecular weight is 419 g/mol. The lowest BCUT2D eigenvalue weighted by Crippen LogP contribution is -2.53. The number of pyridine rings is 3. The highest BCUT2D eigenvalue weighted by Gasteiger charge is 2.39. The number of aryl methyl sites for hydroxylation is 1. The number of carbonyl (C=O) groups excluding carboxylic acids is 1. The van der Waals surface area contributed by atoms with Crippen molar-refractivity contribution in [1.82, 2.24) is 25.2 Å². The second-order valence-corrected chi connectivity index (χ2v) is 8.89. The number of amides is 1. The molecule has 31 heavy (non-hydrogen) atoms. The molecule has 0 aromatic carbocycles. The molecule has 0 spiro atoms. The minimum Gasteiger partial charge on any atom is -0.486 e. The van der Waals surface area contributed by atoms with E-state index in [9.17, 15) is 9.59 Å². The highest BCUT2D eigenvalue weighted by molar-refractivity contribution is 5.93. The van der Waals surface area contributed by atoms with Gasteiger partial charge in [0.2, 0.25) is 0 Å². The van der Waals surface area contributed by atoms with Gasteiger partial charge in [0.25, 0.3) is 11.5 Å². The highest BCUT2D eigenvalue weighted by atomic mass is 16.5. The van der Waals surface area contributed by atoms with Crippen LogP contribution in [0.1, 0.15) is 41.4 Å². The van der Waals surface area contributed by atoms with Crippen molar-refractivity contribution in [2.24, 2.45) is 0 Å². The number of aromatic amines is 1. The Morgan fingerprint density at radius 3 is 2.77 bits per heavy atom. The molecule has 2 N–H and O–H groups in total. The fraction of sp³-hybridized carbons (Fsp3) is 0.391. The van der Waals surface area contributed by atoms with Gasteiger partial charge in [0.1, 0.15) is 17.5 Å². The number of nitrogens with zero attached hydrogens (tertiary/aromatic N) is 3. The second kappa shape index (κ2) is 7.46. The molecule has 0 unspecified atom stereocenters. The van der Waals surface area contributed by atoms with E-state index >= 15 is 0 Å². The molecular formula is C23H25N5O3. The largest absolute Gasteiger partial charge is 0.486 e. The summed E-state index contributed by atoms with van der Waals surface area (Å²) >= 11 is 0. The number of nitrogens with one attached hydrogen (secondary N) is 2. The van der Waals surface area contributed by atoms with Crippen molar-refractivity contribution < 1.29 is 9.53 Å². The molecule has 0 radical (unpaired) electrons. The molecule has 0 bridgehead atoms. The van der Waals surface area contributed by atoms with Gasteiger partial charge in [-0.2, -0.15) is 0 Å². The van der Waals surface area contributed by atoms with Gasteiger partial charge in [-0.1, -0.05) is 0 Å². The van der Waals surface area contributed by atoms with Gasteiger partial charge in [0, 0.05) is 36.9 Å². The normalized spacial score (nSPS) is 17.9. The number of hydrogen-bond donors (Lipinski definition) is 2. The van der Waals surface area contributed by atoms with Crippen molar-refractivity contribution in [3.63, 3.8) is 0 Å². The topological polar surface area (TPSA) is 100 Å². The van der Waals surface area contributed by atoms with Crippen molar-refractivity contribution in [2.45, 2.75) is 44.9 Å². The summed E-state index contributed by atoms with van der Waals surface area (Å²) in [7, 11) is 0. The lowest BCUT2D eigenvalue weighted by molar-refractivity contribution is 0.0143. The molecule has 8 heteroatoms. The van der Waals surface area contributed by atoms with Crippen LogP contribution < -0.4 is 15.6 Å². The molecule has 8 nitrogen and oxygen atoms in total. The van der Waals surface area contributed by atoms with Gasteiger partial charge in [-0.05, 0) is 56.5 Å². The first-order valence-electron chi connectivity index (χ1n) is 10.5. The summed E-state index contributed by atoms with van der Waals surface area (Å²) in [6, 6.07) is 7.29. The zero-order valence-electron chi connectivity index (χ0n) is 17.6. The molecule has 1 saturated heterocycles. The Morgan fingerprint density at radius 2 is 2.06 bits per heavy atom. The van der Waals surface area contributed by atoms with E-state index in [4.69, 9.17) is 4.74 Å². The Bertz CT molecular complexity index is 1190. The van der Waals surface area contributed by atoms with E-state index in [1.807, 2.05) is 19.2 Å². The molecule has 2 fully saturated rings. The first-order valence-corrected chi connectivity index (χ1v) is 10.5. The van der Waals surface area contributed by atoms with E-state index in [2.05, 4.69) is 25.2 Å². The molecule has 1 aliphatic heterocycles. The van der Waals surface area contributed by atoms with E-state index in [1.165, 1.54) is 0 Å². The fourth-order valence-electron chi connectivity index (χ4n) is 3.72. The summed E-state index contributed by atoms with van der Waals surface area (Å²) < 4.78 is 5.97. The number of fused-ring (bicyclic) bond motifs is 1. The summed E-state index contributed by atoms with van der Waals surface area (Å²) in [5.41, 5.74) is 3.53. The predicted molar refractivity (Wildman–Crippen MR) is 116 cm³/mol. The van der Waals surface area contributed by atoms with Crippen LogP contribution in [0, 0.1) is 6.92 Å². The van der Waals surface area contributed by atoms with Gasteiger partial charge in [0.15, 0.2) is 0 Å². The first-order chi connectivity index (χ1) is 14.9. The SMILES string of the molecule is Cc1cc2ncc(CN3CC(Oc4ccc(C(=O)NC5(C)CC5)nc4)C3)cc2[nH]c1=O. The third-order valence-electron chi connectivity index (χ3n) is 5.95. The summed E-state index contributed by atoms with van der Waals surface area (Å²) in [5.74, 6) is 0.529. The predicted octanol–water partition coefficient (Wildman–Crippen LogP) is 2.17. The van der Waals surface area contributed by atoms with Gasteiger partial charge in [-0.25, -0.2) is 4.98 Å². The van der Waals surface area contributed by atoms with Gasteiger partial charge in [-0.15, -0.1) is 0 Å². The van der Waals surface area contributed by atoms with Crippen LogP contribution in [0.2, 0.25) is 0 Å². The summed E-state index contributed by atoms with van der Waals surface area (Å²) in [5, 5.41) is 3.00. The van der Waals surface area contributed by atoms with Crippen molar-refractivity contribution in [3.05, 3.63) is 63.8 Å². The van der Waals surface area contributed by atoms with Gasteiger partial charge >= 0.3 is 0 Å². The number of carbonyl (C=O) groups is 1. The molecular weight excluding hydrogens is 394 g/mol. The molecule has 0 atom stereocenters. The summed E-state index contributed by atoms with van der Waals surface area (Å²) in [4.78, 5) is 37.9. The van der Waals surface area contributed by atoms with Crippen LogP contribution in [-0.4, -0.2) is 50.5 Å². The van der Waals surface area contributed by atoms with Crippen molar-refractivity contribution in [1.29, 1.82) is 0 Å². The maximum Gasteiger partial charge on any atom is 0.270 e. The van der Waals surface area contributed by atoms with Crippen LogP contribution in [0.25, 0.3) is 11.0 Å². The maximum atomic E-state index is 12.2. The van der Waals surface area contributed by atoms with E-state index in [0.29, 0.717) is 17.0 Å². The zero-order valence-corrected chi connectivity index (χ0v) is 17.6. The Labute approximate surface area is 179 Å². The van der Waals surface area contributed by atoms with Crippen molar-refractivity contribution >= 4 is 16.9 Å². The standard InChI is InChI=1S/C23H25N5O3/c1-14-7-19-20(26-21(14)29)8-15(9-24-19)11-28-12-17(13-28)31-16-3-4-18(25-10-16)22(30)27-23(2)5-6-23/h3-4,7-10,17H,5-6,11-13H2,1-2H3,(H,26,29)(H,27,30). The maximum absolute atomic E-state index is 12.2. The van der Waals surface area contributed by atoms with E-state index in [1.54, 1.807) is 31.3 Å². The van der Waals surface area contributed by atoms with Crippen molar-refractivity contribution in [3.8, 4) is 5.75 Å². The quantitative estimate of drug-likeness (QED) is 0.635. The molecule has 4 heterocycles. The van der Waals surface area contributed by atoms with E-state index < -0.39 is 0 Å². The average Bonchev–Trinajstić information content (AvgIpc) is 3.44. The molecule has 5 rings (SSSR count). The van der Waals surface area contributed by atoms with Gasteiger partial charge in [-0.3, -0.25) is 19.5 Å². The third-order valence-corrected chi connectivity index (χ3v) is 5.95. The van der Waals surface area contributed by atoms with Crippen molar-refractivity contribution in [2.75, 3.05) is 13.1 Å². The van der Waals surface area contributed by atoms with Crippen LogP contribution in [0.3, 0.4) is 0 Å². The van der Waals surface area contributed by atoms with E-state index in [0.717, 1.165) is 49.1 Å². The fourth-order valence-corrected chi connectivity index (χ4v) is 3.72. The Kier molecular flexibility index (Phi) is 4.74. The van der Waals surface area contributed by atoms with Crippen LogP contribution in [0.5, 0.6) is 5.75 Å². The Balaban J connectivity index is 1.13.